The number of nitrogens with zero attached hydrogens (tertiary/aromatic N) is 1. The molecule has 1 fully saturated rings. The van der Waals surface area contributed by atoms with Gasteiger partial charge in [-0.3, -0.25) is 0 Å². The predicted molar refractivity (Wildman–Crippen MR) is 63.4 cm³/mol. The molecule has 0 spiro atoms. The van der Waals surface area contributed by atoms with E-state index in [1.165, 1.54) is 12.1 Å². The number of hydrogen-bond acceptors (Lipinski definition) is 3. The molecule has 0 amide bonds. The fraction of sp³-hybridized carbons (Fsp3) is 0.455. The molecule has 0 radical (unpaired) electrons. The first kappa shape index (κ1) is 11.5. The number of benzene rings is 1. The van der Waals surface area contributed by atoms with E-state index in [0.29, 0.717) is 11.4 Å². The quantitative estimate of drug-likeness (QED) is 0.812. The van der Waals surface area contributed by atoms with Crippen LogP contribution in [0.15, 0.2) is 12.1 Å². The highest BCUT2D eigenvalue weighted by atomic mass is 35.5. The second-order valence-corrected chi connectivity index (χ2v) is 4.32. The molecule has 0 aliphatic carbocycles. The smallest absolute Gasteiger partial charge is 0.144 e. The molecular weight excluding hydrogens is 231 g/mol. The van der Waals surface area contributed by atoms with Gasteiger partial charge in [0.1, 0.15) is 5.82 Å². The third kappa shape index (κ3) is 2.08. The Bertz CT molecular complexity index is 400. The molecule has 1 heterocycles. The molecule has 1 aliphatic rings. The van der Waals surface area contributed by atoms with Gasteiger partial charge in [-0.1, -0.05) is 11.6 Å². The first-order valence-electron chi connectivity index (χ1n) is 5.14. The van der Waals surface area contributed by atoms with Crippen LogP contribution in [-0.2, 0) is 4.74 Å². The summed E-state index contributed by atoms with van der Waals surface area (Å²) in [5, 5.41) is 0.0590. The van der Waals surface area contributed by atoms with Gasteiger partial charge in [0.05, 0.1) is 22.5 Å². The highest BCUT2D eigenvalue weighted by molar-refractivity contribution is 6.31. The van der Waals surface area contributed by atoms with Crippen LogP contribution in [0.2, 0.25) is 5.02 Å². The lowest BCUT2D eigenvalue weighted by Crippen LogP contribution is -2.23. The molecule has 1 aliphatic heterocycles. The topological polar surface area (TPSA) is 38.5 Å². The van der Waals surface area contributed by atoms with Gasteiger partial charge in [0.2, 0.25) is 0 Å². The van der Waals surface area contributed by atoms with E-state index in [2.05, 4.69) is 0 Å². The van der Waals surface area contributed by atoms with Crippen LogP contribution in [-0.4, -0.2) is 26.3 Å². The molecular formula is C11H14ClFN2O. The Morgan fingerprint density at radius 2 is 2.31 bits per heavy atom. The molecule has 16 heavy (non-hydrogen) atoms. The molecule has 0 bridgehead atoms. The summed E-state index contributed by atoms with van der Waals surface area (Å²) in [6, 6.07) is 2.84. The second-order valence-electron chi connectivity index (χ2n) is 3.92. The van der Waals surface area contributed by atoms with Crippen molar-refractivity contribution in [2.45, 2.75) is 12.5 Å². The Hall–Kier alpha value is -1.00. The Morgan fingerprint density at radius 3 is 2.94 bits per heavy atom. The average Bonchev–Trinajstić information content (AvgIpc) is 2.71. The summed E-state index contributed by atoms with van der Waals surface area (Å²) in [5.41, 5.74) is 7.02. The summed E-state index contributed by atoms with van der Waals surface area (Å²) in [7, 11) is 1.68. The first-order valence-corrected chi connectivity index (χ1v) is 5.52. The molecule has 88 valence electrons. The highest BCUT2D eigenvalue weighted by Crippen LogP contribution is 2.31. The highest BCUT2D eigenvalue weighted by Gasteiger charge is 2.24. The Balaban J connectivity index is 2.24. The lowest BCUT2D eigenvalue weighted by Gasteiger charge is -2.20. The van der Waals surface area contributed by atoms with Crippen LogP contribution in [0.5, 0.6) is 0 Å². The molecule has 0 aromatic heterocycles. The third-order valence-electron chi connectivity index (χ3n) is 2.89. The molecule has 2 N–H and O–H groups in total. The van der Waals surface area contributed by atoms with Gasteiger partial charge in [-0.05, 0) is 12.5 Å². The number of ether oxygens (including phenoxy) is 1. The molecule has 1 atom stereocenters. The van der Waals surface area contributed by atoms with Gasteiger partial charge < -0.3 is 15.4 Å². The van der Waals surface area contributed by atoms with Gasteiger partial charge in [0.15, 0.2) is 0 Å². The number of rotatable bonds is 2. The van der Waals surface area contributed by atoms with Crippen LogP contribution >= 0.6 is 11.6 Å². The fourth-order valence-corrected chi connectivity index (χ4v) is 2.14. The maximum atomic E-state index is 13.3. The van der Waals surface area contributed by atoms with Crippen molar-refractivity contribution in [3.05, 3.63) is 23.0 Å². The number of halogens is 2. The summed E-state index contributed by atoms with van der Waals surface area (Å²) >= 11 is 5.65. The average molecular weight is 245 g/mol. The largest absolute Gasteiger partial charge is 0.397 e. The van der Waals surface area contributed by atoms with Gasteiger partial charge in [0.25, 0.3) is 0 Å². The minimum absolute atomic E-state index is 0.0590. The number of nitrogens with two attached hydrogens (primary N) is 1. The molecule has 1 aromatic rings. The Kier molecular flexibility index (Phi) is 3.21. The van der Waals surface area contributed by atoms with Crippen molar-refractivity contribution in [1.82, 2.24) is 0 Å². The van der Waals surface area contributed by atoms with E-state index in [4.69, 9.17) is 22.1 Å². The monoisotopic (exact) mass is 244 g/mol. The van der Waals surface area contributed by atoms with Crippen LogP contribution in [0.3, 0.4) is 0 Å². The summed E-state index contributed by atoms with van der Waals surface area (Å²) in [6.07, 6.45) is 1.12. The van der Waals surface area contributed by atoms with Crippen molar-refractivity contribution >= 4 is 23.0 Å². The van der Waals surface area contributed by atoms with Crippen LogP contribution in [0.25, 0.3) is 0 Å². The van der Waals surface area contributed by atoms with Crippen molar-refractivity contribution in [3.8, 4) is 0 Å². The van der Waals surface area contributed by atoms with Gasteiger partial charge >= 0.3 is 0 Å². The van der Waals surface area contributed by atoms with Gasteiger partial charge in [-0.25, -0.2) is 4.39 Å². The number of methoxy groups -OCH3 is 1. The summed E-state index contributed by atoms with van der Waals surface area (Å²) in [6.45, 7) is 1.56. The zero-order valence-electron chi connectivity index (χ0n) is 9.04. The van der Waals surface area contributed by atoms with Crippen LogP contribution in [0.4, 0.5) is 15.8 Å². The minimum atomic E-state index is -0.438. The zero-order valence-corrected chi connectivity index (χ0v) is 9.80. The summed E-state index contributed by atoms with van der Waals surface area (Å²) in [4.78, 5) is 2.02. The van der Waals surface area contributed by atoms with E-state index in [0.717, 1.165) is 19.5 Å². The van der Waals surface area contributed by atoms with E-state index in [-0.39, 0.29) is 11.1 Å². The predicted octanol–water partition coefficient (Wildman–Crippen LogP) is 2.29. The zero-order chi connectivity index (χ0) is 11.7. The van der Waals surface area contributed by atoms with Gasteiger partial charge in [0, 0.05) is 26.3 Å². The van der Waals surface area contributed by atoms with E-state index in [1.54, 1.807) is 7.11 Å². The molecule has 1 saturated heterocycles. The SMILES string of the molecule is COC1CCN(c2cc(F)c(Cl)cc2N)C1. The molecule has 0 saturated carbocycles. The van der Waals surface area contributed by atoms with E-state index < -0.39 is 5.82 Å². The second kappa shape index (κ2) is 4.47. The standard InChI is InChI=1S/C11H14ClFN2O/c1-16-7-2-3-15(6-7)11-5-9(13)8(12)4-10(11)14/h4-5,7H,2-3,6,14H2,1H3. The van der Waals surface area contributed by atoms with Crippen molar-refractivity contribution in [2.24, 2.45) is 0 Å². The van der Waals surface area contributed by atoms with Crippen LogP contribution in [0, 0.1) is 5.82 Å². The maximum absolute atomic E-state index is 13.3. The summed E-state index contributed by atoms with van der Waals surface area (Å²) in [5.74, 6) is -0.438. The fourth-order valence-electron chi connectivity index (χ4n) is 1.96. The lowest BCUT2D eigenvalue weighted by molar-refractivity contribution is 0.121. The van der Waals surface area contributed by atoms with Crippen LogP contribution < -0.4 is 10.6 Å². The number of hydrogen-bond donors (Lipinski definition) is 1. The van der Waals surface area contributed by atoms with E-state index >= 15 is 0 Å². The molecule has 1 aromatic carbocycles. The minimum Gasteiger partial charge on any atom is -0.397 e. The normalized spacial score (nSPS) is 20.4. The third-order valence-corrected chi connectivity index (χ3v) is 3.18. The van der Waals surface area contributed by atoms with E-state index in [1.807, 2.05) is 4.90 Å². The molecule has 1 unspecified atom stereocenters. The van der Waals surface area contributed by atoms with Crippen molar-refractivity contribution in [3.63, 3.8) is 0 Å². The van der Waals surface area contributed by atoms with Gasteiger partial charge in [-0.2, -0.15) is 0 Å². The number of anilines is 2. The summed E-state index contributed by atoms with van der Waals surface area (Å²) < 4.78 is 18.6. The Morgan fingerprint density at radius 1 is 1.56 bits per heavy atom. The van der Waals surface area contributed by atoms with Crippen molar-refractivity contribution in [2.75, 3.05) is 30.8 Å². The van der Waals surface area contributed by atoms with Gasteiger partial charge in [-0.15, -0.1) is 0 Å². The lowest BCUT2D eigenvalue weighted by atomic mass is 10.2. The number of nitrogen functional groups attached to an aromatic ring is 1. The Labute approximate surface area is 98.9 Å². The van der Waals surface area contributed by atoms with Crippen molar-refractivity contribution < 1.29 is 9.13 Å². The van der Waals surface area contributed by atoms with Crippen molar-refractivity contribution in [1.29, 1.82) is 0 Å². The van der Waals surface area contributed by atoms with E-state index in [9.17, 15) is 4.39 Å². The molecule has 5 heteroatoms. The van der Waals surface area contributed by atoms with Crippen LogP contribution in [0.1, 0.15) is 6.42 Å². The molecule has 2 rings (SSSR count). The first-order chi connectivity index (χ1) is 7.61. The maximum Gasteiger partial charge on any atom is 0.144 e. The molecule has 3 nitrogen and oxygen atoms in total.